The van der Waals surface area contributed by atoms with E-state index in [0.717, 1.165) is 5.56 Å². The number of ether oxygens (including phenoxy) is 1. The van der Waals surface area contributed by atoms with E-state index in [9.17, 15) is 4.79 Å². The zero-order valence-electron chi connectivity index (χ0n) is 7.14. The molecule has 0 saturated carbocycles. The summed E-state index contributed by atoms with van der Waals surface area (Å²) in [5.41, 5.74) is 5.76. The molecule has 0 aromatic heterocycles. The van der Waals surface area contributed by atoms with Crippen molar-refractivity contribution >= 4 is 6.09 Å². The molecule has 0 heterocycles. The molecule has 2 N–H and O–H groups in total. The molecule has 0 aliphatic carbocycles. The third-order valence-electron chi connectivity index (χ3n) is 1.59. The van der Waals surface area contributed by atoms with Crippen LogP contribution in [-0.2, 0) is 4.74 Å². The van der Waals surface area contributed by atoms with Crippen molar-refractivity contribution in [3.8, 4) is 0 Å². The minimum absolute atomic E-state index is 0.460. The normalized spacial score (nSPS) is 11.7. The number of hydrogen-bond donors (Lipinski definition) is 1. The number of rotatable bonds is 3. The first-order valence-electron chi connectivity index (χ1n) is 3.87. The standard InChI is InChI=1S/C10H11NO2/c1-2-9(13-10(11)12)8-6-4-3-5-7-8/h2-7,9H,1H2,(H2,11,12). The zero-order chi connectivity index (χ0) is 9.68. The monoisotopic (exact) mass is 177 g/mol. The SMILES string of the molecule is C=CC(OC(N)=O)c1ccccc1. The summed E-state index contributed by atoms with van der Waals surface area (Å²) in [6.07, 6.45) is 0.271. The van der Waals surface area contributed by atoms with E-state index < -0.39 is 12.2 Å². The summed E-state index contributed by atoms with van der Waals surface area (Å²) < 4.78 is 4.81. The Bertz CT molecular complexity index is 295. The number of benzene rings is 1. The molecule has 0 aliphatic rings. The van der Waals surface area contributed by atoms with Gasteiger partial charge in [-0.2, -0.15) is 0 Å². The van der Waals surface area contributed by atoms with Crippen LogP contribution in [0.4, 0.5) is 4.79 Å². The van der Waals surface area contributed by atoms with Crippen LogP contribution in [0.2, 0.25) is 0 Å². The fourth-order valence-electron chi connectivity index (χ4n) is 1.02. The Kier molecular flexibility index (Phi) is 3.09. The molecule has 0 fully saturated rings. The number of nitrogens with two attached hydrogens (primary N) is 1. The van der Waals surface area contributed by atoms with Gasteiger partial charge in [0.1, 0.15) is 6.10 Å². The van der Waals surface area contributed by atoms with Gasteiger partial charge in [-0.3, -0.25) is 0 Å². The molecule has 68 valence electrons. The van der Waals surface area contributed by atoms with Gasteiger partial charge in [-0.05, 0) is 11.6 Å². The Hall–Kier alpha value is -1.77. The minimum Gasteiger partial charge on any atom is -0.437 e. The van der Waals surface area contributed by atoms with Crippen LogP contribution < -0.4 is 5.73 Å². The molecule has 1 aromatic carbocycles. The van der Waals surface area contributed by atoms with E-state index in [2.05, 4.69) is 6.58 Å². The minimum atomic E-state index is -0.797. The molecule has 0 aliphatic heterocycles. The van der Waals surface area contributed by atoms with Crippen LogP contribution in [-0.4, -0.2) is 6.09 Å². The summed E-state index contributed by atoms with van der Waals surface area (Å²) in [5, 5.41) is 0. The van der Waals surface area contributed by atoms with Crippen molar-refractivity contribution in [3.05, 3.63) is 48.6 Å². The molecular weight excluding hydrogens is 166 g/mol. The number of carbonyl (C=O) groups excluding carboxylic acids is 1. The molecule has 1 unspecified atom stereocenters. The molecule has 3 nitrogen and oxygen atoms in total. The van der Waals surface area contributed by atoms with Gasteiger partial charge in [0.25, 0.3) is 0 Å². The summed E-state index contributed by atoms with van der Waals surface area (Å²) in [6.45, 7) is 3.56. The average Bonchev–Trinajstić information content (AvgIpc) is 2.15. The van der Waals surface area contributed by atoms with Gasteiger partial charge in [-0.1, -0.05) is 36.9 Å². The lowest BCUT2D eigenvalue weighted by atomic mass is 10.1. The van der Waals surface area contributed by atoms with E-state index in [1.807, 2.05) is 30.3 Å². The Morgan fingerprint density at radius 2 is 2.08 bits per heavy atom. The van der Waals surface area contributed by atoms with E-state index >= 15 is 0 Å². The maximum absolute atomic E-state index is 10.5. The lowest BCUT2D eigenvalue weighted by Gasteiger charge is -2.11. The second kappa shape index (κ2) is 4.30. The lowest BCUT2D eigenvalue weighted by Crippen LogP contribution is -2.16. The van der Waals surface area contributed by atoms with Crippen LogP contribution in [0.25, 0.3) is 0 Å². The fourth-order valence-corrected chi connectivity index (χ4v) is 1.02. The highest BCUT2D eigenvalue weighted by molar-refractivity contribution is 5.65. The predicted molar refractivity (Wildman–Crippen MR) is 50.0 cm³/mol. The second-order valence-corrected chi connectivity index (χ2v) is 2.50. The van der Waals surface area contributed by atoms with E-state index in [1.54, 1.807) is 0 Å². The molecule has 1 aromatic rings. The number of primary amides is 1. The summed E-state index contributed by atoms with van der Waals surface area (Å²) in [5.74, 6) is 0. The number of carbonyl (C=O) groups is 1. The predicted octanol–water partition coefficient (Wildman–Crippen LogP) is 2.01. The van der Waals surface area contributed by atoms with Crippen LogP contribution in [0, 0.1) is 0 Å². The summed E-state index contributed by atoms with van der Waals surface area (Å²) in [6, 6.07) is 9.28. The quantitative estimate of drug-likeness (QED) is 0.718. The van der Waals surface area contributed by atoms with Gasteiger partial charge in [-0.25, -0.2) is 4.79 Å². The molecule has 1 atom stereocenters. The highest BCUT2D eigenvalue weighted by atomic mass is 16.6. The van der Waals surface area contributed by atoms with Crippen LogP contribution in [0.15, 0.2) is 43.0 Å². The lowest BCUT2D eigenvalue weighted by molar-refractivity contribution is 0.130. The number of amides is 1. The Morgan fingerprint density at radius 1 is 1.46 bits per heavy atom. The van der Waals surface area contributed by atoms with Gasteiger partial charge in [0, 0.05) is 0 Å². The molecule has 1 rings (SSSR count). The maximum atomic E-state index is 10.5. The molecule has 0 saturated heterocycles. The fraction of sp³-hybridized carbons (Fsp3) is 0.100. The van der Waals surface area contributed by atoms with Crippen molar-refractivity contribution in [1.82, 2.24) is 0 Å². The third-order valence-corrected chi connectivity index (χ3v) is 1.59. The van der Waals surface area contributed by atoms with Gasteiger partial charge < -0.3 is 10.5 Å². The van der Waals surface area contributed by atoms with Gasteiger partial charge in [0.15, 0.2) is 0 Å². The van der Waals surface area contributed by atoms with Crippen molar-refractivity contribution in [1.29, 1.82) is 0 Å². The number of hydrogen-bond acceptors (Lipinski definition) is 2. The van der Waals surface area contributed by atoms with Crippen molar-refractivity contribution in [2.45, 2.75) is 6.10 Å². The summed E-state index contributed by atoms with van der Waals surface area (Å²) in [7, 11) is 0. The second-order valence-electron chi connectivity index (χ2n) is 2.50. The van der Waals surface area contributed by atoms with Gasteiger partial charge in [0.2, 0.25) is 0 Å². The van der Waals surface area contributed by atoms with Crippen molar-refractivity contribution in [3.63, 3.8) is 0 Å². The van der Waals surface area contributed by atoms with Crippen molar-refractivity contribution < 1.29 is 9.53 Å². The van der Waals surface area contributed by atoms with Crippen LogP contribution in [0.3, 0.4) is 0 Å². The Balaban J connectivity index is 2.78. The van der Waals surface area contributed by atoms with E-state index in [4.69, 9.17) is 10.5 Å². The van der Waals surface area contributed by atoms with Crippen LogP contribution >= 0.6 is 0 Å². The summed E-state index contributed by atoms with van der Waals surface area (Å²) >= 11 is 0. The Morgan fingerprint density at radius 3 is 2.54 bits per heavy atom. The van der Waals surface area contributed by atoms with E-state index in [1.165, 1.54) is 6.08 Å². The molecule has 0 spiro atoms. The molecule has 3 heteroatoms. The molecule has 13 heavy (non-hydrogen) atoms. The Labute approximate surface area is 76.8 Å². The third kappa shape index (κ3) is 2.63. The first-order chi connectivity index (χ1) is 6.24. The first-order valence-corrected chi connectivity index (χ1v) is 3.87. The zero-order valence-corrected chi connectivity index (χ0v) is 7.14. The van der Waals surface area contributed by atoms with Gasteiger partial charge in [-0.15, -0.1) is 0 Å². The molecular formula is C10H11NO2. The van der Waals surface area contributed by atoms with E-state index in [0.29, 0.717) is 0 Å². The van der Waals surface area contributed by atoms with Crippen molar-refractivity contribution in [2.75, 3.05) is 0 Å². The smallest absolute Gasteiger partial charge is 0.405 e. The first kappa shape index (κ1) is 9.32. The van der Waals surface area contributed by atoms with Gasteiger partial charge >= 0.3 is 6.09 Å². The maximum Gasteiger partial charge on any atom is 0.405 e. The summed E-state index contributed by atoms with van der Waals surface area (Å²) in [4.78, 5) is 10.5. The largest absolute Gasteiger partial charge is 0.437 e. The topological polar surface area (TPSA) is 52.3 Å². The van der Waals surface area contributed by atoms with Crippen LogP contribution in [0.5, 0.6) is 0 Å². The van der Waals surface area contributed by atoms with E-state index in [-0.39, 0.29) is 0 Å². The van der Waals surface area contributed by atoms with Gasteiger partial charge in [0.05, 0.1) is 0 Å². The van der Waals surface area contributed by atoms with Crippen molar-refractivity contribution in [2.24, 2.45) is 5.73 Å². The average molecular weight is 177 g/mol. The highest BCUT2D eigenvalue weighted by Crippen LogP contribution is 2.17. The molecule has 1 amide bonds. The molecule has 0 radical (unpaired) electrons. The van der Waals surface area contributed by atoms with Crippen LogP contribution in [0.1, 0.15) is 11.7 Å². The molecule has 0 bridgehead atoms. The highest BCUT2D eigenvalue weighted by Gasteiger charge is 2.09.